The third kappa shape index (κ3) is 2.69. The number of fused-ring (bicyclic) bond motifs is 1. The molecule has 2 aromatic heterocycles. The molecule has 4 rings (SSSR count). The van der Waals surface area contributed by atoms with Crippen molar-refractivity contribution in [2.24, 2.45) is 0 Å². The lowest BCUT2D eigenvalue weighted by Crippen LogP contribution is -2.15. The zero-order chi connectivity index (χ0) is 17.4. The Morgan fingerprint density at radius 3 is 2.72 bits per heavy atom. The van der Waals surface area contributed by atoms with Crippen molar-refractivity contribution in [3.05, 3.63) is 81.2 Å². The van der Waals surface area contributed by atoms with Crippen LogP contribution in [-0.2, 0) is 6.54 Å². The Hall–Kier alpha value is -3.68. The first-order valence-corrected chi connectivity index (χ1v) is 7.39. The Morgan fingerprint density at radius 1 is 1.16 bits per heavy atom. The third-order valence-corrected chi connectivity index (χ3v) is 3.75. The van der Waals surface area contributed by atoms with Crippen molar-refractivity contribution in [3.8, 4) is 11.5 Å². The van der Waals surface area contributed by atoms with E-state index in [-0.39, 0.29) is 17.8 Å². The first-order chi connectivity index (χ1) is 12.1. The van der Waals surface area contributed by atoms with Gasteiger partial charge in [0.2, 0.25) is 5.89 Å². The van der Waals surface area contributed by atoms with Crippen LogP contribution in [0.2, 0.25) is 0 Å². The van der Waals surface area contributed by atoms with Crippen LogP contribution in [0, 0.1) is 10.1 Å². The Bertz CT molecular complexity index is 1120. The largest absolute Gasteiger partial charge is 0.444 e. The number of benzene rings is 2. The number of rotatable bonds is 4. The van der Waals surface area contributed by atoms with Gasteiger partial charge in [0.1, 0.15) is 6.26 Å². The summed E-state index contributed by atoms with van der Waals surface area (Å²) in [6.45, 7) is 0.0866. The molecule has 0 aliphatic heterocycles. The van der Waals surface area contributed by atoms with Crippen molar-refractivity contribution in [1.29, 1.82) is 0 Å². The van der Waals surface area contributed by atoms with Crippen LogP contribution >= 0.6 is 0 Å². The highest BCUT2D eigenvalue weighted by molar-refractivity contribution is 5.76. The molecule has 8 nitrogen and oxygen atoms in total. The molecular formula is C17H11N3O5. The summed E-state index contributed by atoms with van der Waals surface area (Å²) >= 11 is 0. The summed E-state index contributed by atoms with van der Waals surface area (Å²) in [6, 6.07) is 13.3. The van der Waals surface area contributed by atoms with Gasteiger partial charge in [-0.05, 0) is 18.2 Å². The topological polar surface area (TPSA) is 104 Å². The molecule has 8 heteroatoms. The van der Waals surface area contributed by atoms with E-state index in [0.29, 0.717) is 17.1 Å². The summed E-state index contributed by atoms with van der Waals surface area (Å²) in [7, 11) is 0. The van der Waals surface area contributed by atoms with Gasteiger partial charge < -0.3 is 8.83 Å². The van der Waals surface area contributed by atoms with Crippen LogP contribution in [0.5, 0.6) is 0 Å². The second-order valence-corrected chi connectivity index (χ2v) is 5.37. The van der Waals surface area contributed by atoms with Crippen molar-refractivity contribution in [3.63, 3.8) is 0 Å². The van der Waals surface area contributed by atoms with Gasteiger partial charge in [-0.25, -0.2) is 9.78 Å². The first-order valence-electron chi connectivity index (χ1n) is 7.39. The molecule has 0 amide bonds. The van der Waals surface area contributed by atoms with Gasteiger partial charge in [0.25, 0.3) is 5.69 Å². The molecule has 0 spiro atoms. The molecule has 0 N–H and O–H groups in total. The Morgan fingerprint density at radius 2 is 1.96 bits per heavy atom. The molecule has 124 valence electrons. The maximum absolute atomic E-state index is 12.1. The van der Waals surface area contributed by atoms with Crippen LogP contribution < -0.4 is 5.76 Å². The molecule has 0 saturated heterocycles. The summed E-state index contributed by atoms with van der Waals surface area (Å²) in [6.07, 6.45) is 1.45. The molecule has 0 aliphatic rings. The van der Waals surface area contributed by atoms with Gasteiger partial charge in [-0.15, -0.1) is 0 Å². The van der Waals surface area contributed by atoms with Crippen molar-refractivity contribution >= 4 is 16.8 Å². The zero-order valence-corrected chi connectivity index (χ0v) is 12.8. The number of nitro groups is 1. The van der Waals surface area contributed by atoms with E-state index >= 15 is 0 Å². The summed E-state index contributed by atoms with van der Waals surface area (Å²) in [4.78, 5) is 26.8. The fourth-order valence-electron chi connectivity index (χ4n) is 2.57. The number of hydrogen-bond acceptors (Lipinski definition) is 6. The predicted molar refractivity (Wildman–Crippen MR) is 88.2 cm³/mol. The van der Waals surface area contributed by atoms with Crippen LogP contribution in [0.25, 0.3) is 22.6 Å². The molecule has 0 radical (unpaired) electrons. The number of non-ortho nitro benzene ring substituents is 1. The summed E-state index contributed by atoms with van der Waals surface area (Å²) in [5.74, 6) is -0.179. The maximum Gasteiger partial charge on any atom is 0.420 e. The highest BCUT2D eigenvalue weighted by Gasteiger charge is 2.16. The van der Waals surface area contributed by atoms with Crippen LogP contribution in [-0.4, -0.2) is 14.5 Å². The molecule has 0 aliphatic carbocycles. The number of oxazole rings is 2. The number of nitro benzene ring substituents is 1. The maximum atomic E-state index is 12.1. The van der Waals surface area contributed by atoms with E-state index < -0.39 is 10.7 Å². The second-order valence-electron chi connectivity index (χ2n) is 5.37. The van der Waals surface area contributed by atoms with Crippen molar-refractivity contribution in [2.45, 2.75) is 6.54 Å². The highest BCUT2D eigenvalue weighted by Crippen LogP contribution is 2.22. The van der Waals surface area contributed by atoms with Crippen molar-refractivity contribution < 1.29 is 13.8 Å². The van der Waals surface area contributed by atoms with Crippen molar-refractivity contribution in [2.75, 3.05) is 0 Å². The van der Waals surface area contributed by atoms with E-state index in [1.54, 1.807) is 0 Å². The molecule has 25 heavy (non-hydrogen) atoms. The number of nitrogens with zero attached hydrogens (tertiary/aromatic N) is 3. The molecule has 0 unspecified atom stereocenters. The normalized spacial score (nSPS) is 11.0. The van der Waals surface area contributed by atoms with Gasteiger partial charge in [-0.2, -0.15) is 0 Å². The average Bonchev–Trinajstić information content (AvgIpc) is 3.21. The minimum atomic E-state index is -0.611. The van der Waals surface area contributed by atoms with Crippen LogP contribution in [0.1, 0.15) is 5.69 Å². The SMILES string of the molecule is O=c1oc2ccc([N+](=O)[O-])cc2n1Cc1coc(-c2ccccc2)n1. The van der Waals surface area contributed by atoms with Gasteiger partial charge in [0, 0.05) is 17.7 Å². The Labute approximate surface area is 140 Å². The van der Waals surface area contributed by atoms with E-state index in [1.165, 1.54) is 29.0 Å². The Kier molecular flexibility index (Phi) is 3.42. The molecule has 0 saturated carbocycles. The molecule has 4 aromatic rings. The smallest absolute Gasteiger partial charge is 0.420 e. The summed E-state index contributed by atoms with van der Waals surface area (Å²) < 4.78 is 11.9. The van der Waals surface area contributed by atoms with Gasteiger partial charge in [0.15, 0.2) is 5.58 Å². The van der Waals surface area contributed by atoms with Crippen LogP contribution in [0.3, 0.4) is 0 Å². The zero-order valence-electron chi connectivity index (χ0n) is 12.8. The third-order valence-electron chi connectivity index (χ3n) is 3.75. The Balaban J connectivity index is 1.72. The summed E-state index contributed by atoms with van der Waals surface area (Å²) in [5, 5.41) is 10.9. The first kappa shape index (κ1) is 14.9. The van der Waals surface area contributed by atoms with Crippen LogP contribution in [0.15, 0.2) is 68.4 Å². The molecule has 0 bridgehead atoms. The highest BCUT2D eigenvalue weighted by atomic mass is 16.6. The monoisotopic (exact) mass is 337 g/mol. The number of hydrogen-bond donors (Lipinski definition) is 0. The minimum Gasteiger partial charge on any atom is -0.444 e. The van der Waals surface area contributed by atoms with E-state index in [1.807, 2.05) is 30.3 Å². The molecule has 2 aromatic carbocycles. The quantitative estimate of drug-likeness (QED) is 0.418. The molecule has 2 heterocycles. The van der Waals surface area contributed by atoms with E-state index in [4.69, 9.17) is 8.83 Å². The standard InChI is InChI=1S/C17H11N3O5/c21-17-19(14-8-13(20(22)23)6-7-15(14)25-17)9-12-10-24-16(18-12)11-4-2-1-3-5-11/h1-8,10H,9H2. The van der Waals surface area contributed by atoms with Gasteiger partial charge in [0.05, 0.1) is 22.7 Å². The van der Waals surface area contributed by atoms with Gasteiger partial charge in [-0.1, -0.05) is 18.2 Å². The number of aromatic nitrogens is 2. The average molecular weight is 337 g/mol. The van der Waals surface area contributed by atoms with E-state index in [0.717, 1.165) is 5.56 Å². The lowest BCUT2D eigenvalue weighted by atomic mass is 10.2. The summed E-state index contributed by atoms with van der Waals surface area (Å²) in [5.41, 5.74) is 1.82. The molecule has 0 fully saturated rings. The molecular weight excluding hydrogens is 326 g/mol. The van der Waals surface area contributed by atoms with Gasteiger partial charge >= 0.3 is 5.76 Å². The fourth-order valence-corrected chi connectivity index (χ4v) is 2.57. The fraction of sp³-hybridized carbons (Fsp3) is 0.0588. The van der Waals surface area contributed by atoms with Gasteiger partial charge in [-0.3, -0.25) is 14.7 Å². The minimum absolute atomic E-state index is 0.0866. The van der Waals surface area contributed by atoms with E-state index in [2.05, 4.69) is 4.98 Å². The molecule has 0 atom stereocenters. The van der Waals surface area contributed by atoms with Crippen LogP contribution in [0.4, 0.5) is 5.69 Å². The second kappa shape index (κ2) is 5.75. The van der Waals surface area contributed by atoms with Crippen molar-refractivity contribution in [1.82, 2.24) is 9.55 Å². The lowest BCUT2D eigenvalue weighted by molar-refractivity contribution is -0.384. The van der Waals surface area contributed by atoms with E-state index in [9.17, 15) is 14.9 Å². The predicted octanol–water partition coefficient (Wildman–Crippen LogP) is 3.21. The lowest BCUT2D eigenvalue weighted by Gasteiger charge is -1.98.